The van der Waals surface area contributed by atoms with Crippen LogP contribution in [0.25, 0.3) is 0 Å². The van der Waals surface area contributed by atoms with Gasteiger partial charge in [-0.2, -0.15) is 0 Å². The Morgan fingerprint density at radius 1 is 1.00 bits per heavy atom. The van der Waals surface area contributed by atoms with Crippen molar-refractivity contribution in [3.8, 4) is 11.5 Å². The smallest absolute Gasteiger partial charge is 0.270 e. The molecule has 6 nitrogen and oxygen atoms in total. The zero-order chi connectivity index (χ0) is 20.8. The van der Waals surface area contributed by atoms with Gasteiger partial charge in [-0.15, -0.1) is 0 Å². The van der Waals surface area contributed by atoms with E-state index in [1.165, 1.54) is 11.1 Å². The number of pyridine rings is 1. The Morgan fingerprint density at radius 3 is 2.55 bits per heavy atom. The Kier molecular flexibility index (Phi) is 6.34. The summed E-state index contributed by atoms with van der Waals surface area (Å²) in [5, 5.41) is 6.25. The zero-order valence-electron chi connectivity index (χ0n) is 17.1. The van der Waals surface area contributed by atoms with Gasteiger partial charge < -0.3 is 20.1 Å². The molecule has 0 bridgehead atoms. The van der Waals surface area contributed by atoms with Crippen LogP contribution in [0.4, 0.5) is 11.4 Å². The van der Waals surface area contributed by atoms with Crippen molar-refractivity contribution < 1.29 is 14.3 Å². The summed E-state index contributed by atoms with van der Waals surface area (Å²) >= 11 is 0. The minimum Gasteiger partial charge on any atom is -0.493 e. The Hall–Kier alpha value is -3.54. The van der Waals surface area contributed by atoms with Crippen molar-refractivity contribution in [1.29, 1.82) is 0 Å². The molecule has 0 spiro atoms. The summed E-state index contributed by atoms with van der Waals surface area (Å²) in [6, 6.07) is 15.2. The third-order valence-corrected chi connectivity index (χ3v) is 4.78. The lowest BCUT2D eigenvalue weighted by molar-refractivity contribution is 0.0946. The predicted molar refractivity (Wildman–Crippen MR) is 114 cm³/mol. The molecule has 0 aliphatic rings. The van der Waals surface area contributed by atoms with Crippen LogP contribution in [0.5, 0.6) is 11.5 Å². The number of aromatic nitrogens is 1. The van der Waals surface area contributed by atoms with Gasteiger partial charge in [-0.05, 0) is 60.9 Å². The van der Waals surface area contributed by atoms with Crippen molar-refractivity contribution in [2.24, 2.45) is 0 Å². The molecule has 1 heterocycles. The highest BCUT2D eigenvalue weighted by Crippen LogP contribution is 2.27. The van der Waals surface area contributed by atoms with Gasteiger partial charge in [0.25, 0.3) is 5.91 Å². The molecule has 0 saturated carbocycles. The Bertz CT molecular complexity index is 1020. The van der Waals surface area contributed by atoms with Gasteiger partial charge >= 0.3 is 0 Å². The van der Waals surface area contributed by atoms with Gasteiger partial charge in [-0.3, -0.25) is 9.78 Å². The number of aryl methyl sites for hydroxylation is 1. The molecule has 3 aromatic rings. The molecule has 0 radical (unpaired) electrons. The van der Waals surface area contributed by atoms with Crippen molar-refractivity contribution in [2.75, 3.05) is 19.5 Å². The number of carbonyl (C=O) groups is 1. The maximum atomic E-state index is 12.6. The number of rotatable bonds is 7. The molecule has 0 aliphatic heterocycles. The van der Waals surface area contributed by atoms with E-state index < -0.39 is 0 Å². The minimum atomic E-state index is -0.246. The quantitative estimate of drug-likeness (QED) is 0.625. The van der Waals surface area contributed by atoms with Crippen LogP contribution in [0, 0.1) is 13.8 Å². The molecule has 0 unspecified atom stereocenters. The van der Waals surface area contributed by atoms with Crippen molar-refractivity contribution in [2.45, 2.75) is 20.4 Å². The molecule has 150 valence electrons. The molecule has 0 fully saturated rings. The maximum Gasteiger partial charge on any atom is 0.270 e. The van der Waals surface area contributed by atoms with E-state index in [9.17, 15) is 4.79 Å². The van der Waals surface area contributed by atoms with Crippen molar-refractivity contribution in [3.05, 3.63) is 77.1 Å². The van der Waals surface area contributed by atoms with Crippen molar-refractivity contribution in [3.63, 3.8) is 0 Å². The summed E-state index contributed by atoms with van der Waals surface area (Å²) in [6.45, 7) is 4.49. The fraction of sp³-hybridized carbons (Fsp3) is 0.217. The number of benzene rings is 2. The molecule has 0 aliphatic carbocycles. The highest BCUT2D eigenvalue weighted by Gasteiger charge is 2.10. The summed E-state index contributed by atoms with van der Waals surface area (Å²) in [7, 11) is 3.17. The summed E-state index contributed by atoms with van der Waals surface area (Å²) in [5.74, 6) is 1.02. The monoisotopic (exact) mass is 391 g/mol. The van der Waals surface area contributed by atoms with Crippen LogP contribution >= 0.6 is 0 Å². The van der Waals surface area contributed by atoms with Crippen LogP contribution < -0.4 is 20.1 Å². The molecule has 2 N–H and O–H groups in total. The Morgan fingerprint density at radius 2 is 1.79 bits per heavy atom. The second-order valence-corrected chi connectivity index (χ2v) is 6.67. The SMILES string of the molecule is COc1ccc(CNC(=O)c2cc(Nc3cccc(C)c3C)ccn2)cc1OC. The number of hydrogen-bond donors (Lipinski definition) is 2. The Labute approximate surface area is 170 Å². The first-order valence-electron chi connectivity index (χ1n) is 9.30. The molecule has 0 saturated heterocycles. The fourth-order valence-electron chi connectivity index (χ4n) is 2.94. The van der Waals surface area contributed by atoms with E-state index in [4.69, 9.17) is 9.47 Å². The number of amides is 1. The topological polar surface area (TPSA) is 72.5 Å². The summed E-state index contributed by atoms with van der Waals surface area (Å²) in [6.07, 6.45) is 1.62. The standard InChI is InChI=1S/C23H25N3O3/c1-15-6-5-7-19(16(15)2)26-18-10-11-24-20(13-18)23(27)25-14-17-8-9-21(28-3)22(12-17)29-4/h5-13H,14H2,1-4H3,(H,24,26)(H,25,27). The van der Waals surface area contributed by atoms with Crippen LogP contribution in [-0.2, 0) is 6.54 Å². The van der Waals surface area contributed by atoms with Gasteiger partial charge in [-0.25, -0.2) is 0 Å². The number of anilines is 2. The molecule has 0 atom stereocenters. The van der Waals surface area contributed by atoms with Crippen LogP contribution in [0.15, 0.2) is 54.7 Å². The predicted octanol–water partition coefficient (Wildman–Crippen LogP) is 4.39. The maximum absolute atomic E-state index is 12.6. The second kappa shape index (κ2) is 9.10. The van der Waals surface area contributed by atoms with Gasteiger partial charge in [-0.1, -0.05) is 18.2 Å². The van der Waals surface area contributed by atoms with E-state index in [1.54, 1.807) is 26.5 Å². The molecule has 1 amide bonds. The lowest BCUT2D eigenvalue weighted by Gasteiger charge is -2.12. The second-order valence-electron chi connectivity index (χ2n) is 6.67. The van der Waals surface area contributed by atoms with Gasteiger partial charge in [0.2, 0.25) is 0 Å². The molecule has 6 heteroatoms. The number of nitrogens with zero attached hydrogens (tertiary/aromatic N) is 1. The van der Waals surface area contributed by atoms with Gasteiger partial charge in [0.1, 0.15) is 5.69 Å². The number of nitrogens with one attached hydrogen (secondary N) is 2. The Balaban J connectivity index is 1.69. The molecular formula is C23H25N3O3. The van der Waals surface area contributed by atoms with Crippen LogP contribution in [0.3, 0.4) is 0 Å². The van der Waals surface area contributed by atoms with Crippen molar-refractivity contribution in [1.82, 2.24) is 10.3 Å². The third-order valence-electron chi connectivity index (χ3n) is 4.78. The van der Waals surface area contributed by atoms with Gasteiger partial charge in [0.05, 0.1) is 14.2 Å². The molecule has 2 aromatic carbocycles. The first kappa shape index (κ1) is 20.2. The third kappa shape index (κ3) is 4.85. The highest BCUT2D eigenvalue weighted by molar-refractivity contribution is 5.93. The highest BCUT2D eigenvalue weighted by atomic mass is 16.5. The summed E-state index contributed by atoms with van der Waals surface area (Å²) in [5.41, 5.74) is 5.44. The molecular weight excluding hydrogens is 366 g/mol. The normalized spacial score (nSPS) is 10.3. The number of carbonyl (C=O) groups excluding carboxylic acids is 1. The number of methoxy groups -OCH3 is 2. The van der Waals surface area contributed by atoms with E-state index in [0.29, 0.717) is 23.7 Å². The summed E-state index contributed by atoms with van der Waals surface area (Å²) < 4.78 is 10.5. The number of hydrogen-bond acceptors (Lipinski definition) is 5. The zero-order valence-corrected chi connectivity index (χ0v) is 17.1. The fourth-order valence-corrected chi connectivity index (χ4v) is 2.94. The van der Waals surface area contributed by atoms with Gasteiger partial charge in [0.15, 0.2) is 11.5 Å². The summed E-state index contributed by atoms with van der Waals surface area (Å²) in [4.78, 5) is 16.8. The van der Waals surface area contributed by atoms with E-state index in [0.717, 1.165) is 16.9 Å². The largest absolute Gasteiger partial charge is 0.493 e. The van der Waals surface area contributed by atoms with E-state index in [2.05, 4.69) is 35.5 Å². The van der Waals surface area contributed by atoms with E-state index in [-0.39, 0.29) is 5.91 Å². The molecule has 29 heavy (non-hydrogen) atoms. The number of ether oxygens (including phenoxy) is 2. The van der Waals surface area contributed by atoms with Crippen molar-refractivity contribution >= 4 is 17.3 Å². The van der Waals surface area contributed by atoms with E-state index in [1.807, 2.05) is 36.4 Å². The lowest BCUT2D eigenvalue weighted by atomic mass is 10.1. The minimum absolute atomic E-state index is 0.246. The molecule has 1 aromatic heterocycles. The average Bonchev–Trinajstić information content (AvgIpc) is 2.75. The first-order valence-corrected chi connectivity index (χ1v) is 9.30. The molecule has 3 rings (SSSR count). The average molecular weight is 391 g/mol. The van der Waals surface area contributed by atoms with Crippen LogP contribution in [-0.4, -0.2) is 25.1 Å². The van der Waals surface area contributed by atoms with Crippen LogP contribution in [0.2, 0.25) is 0 Å². The lowest BCUT2D eigenvalue weighted by Crippen LogP contribution is -2.23. The van der Waals surface area contributed by atoms with E-state index >= 15 is 0 Å². The van der Waals surface area contributed by atoms with Gasteiger partial charge in [0, 0.05) is 24.1 Å². The van der Waals surface area contributed by atoms with Crippen LogP contribution in [0.1, 0.15) is 27.2 Å². The first-order chi connectivity index (χ1) is 14.0.